The number of nitro benzene ring substituents is 1. The van der Waals surface area contributed by atoms with Gasteiger partial charge in [-0.05, 0) is 48.5 Å². The highest BCUT2D eigenvalue weighted by molar-refractivity contribution is 7.92. The van der Waals surface area contributed by atoms with E-state index in [9.17, 15) is 23.6 Å². The summed E-state index contributed by atoms with van der Waals surface area (Å²) < 4.78 is 28.1. The highest BCUT2D eigenvalue weighted by atomic mass is 32.2. The molecule has 10 nitrogen and oxygen atoms in total. The van der Waals surface area contributed by atoms with E-state index in [4.69, 9.17) is 0 Å². The van der Waals surface area contributed by atoms with Crippen LogP contribution in [0.4, 0.5) is 23.0 Å². The molecule has 0 radical (unpaired) electrons. The molecule has 1 aromatic heterocycles. The summed E-state index contributed by atoms with van der Waals surface area (Å²) >= 11 is 0. The second kappa shape index (κ2) is 7.88. The maximum Gasteiger partial charge on any atom is 0.269 e. The number of nitro groups is 1. The van der Waals surface area contributed by atoms with Gasteiger partial charge in [0.25, 0.3) is 15.7 Å². The van der Waals surface area contributed by atoms with E-state index in [0.29, 0.717) is 16.7 Å². The van der Waals surface area contributed by atoms with Crippen molar-refractivity contribution < 1.29 is 18.4 Å². The van der Waals surface area contributed by atoms with Crippen molar-refractivity contribution in [3.05, 3.63) is 82.9 Å². The molecule has 0 aliphatic heterocycles. The van der Waals surface area contributed by atoms with Crippen molar-refractivity contribution in [1.82, 2.24) is 9.97 Å². The van der Waals surface area contributed by atoms with Crippen LogP contribution in [0.15, 0.2) is 77.7 Å². The van der Waals surface area contributed by atoms with Crippen LogP contribution in [0.5, 0.6) is 5.75 Å². The number of rotatable bonds is 6. The van der Waals surface area contributed by atoms with Gasteiger partial charge in [-0.3, -0.25) is 14.8 Å². The van der Waals surface area contributed by atoms with E-state index in [0.717, 1.165) is 24.3 Å². The second-order valence-corrected chi connectivity index (χ2v) is 8.12. The summed E-state index contributed by atoms with van der Waals surface area (Å²) in [4.78, 5) is 18.9. The molecule has 0 bridgehead atoms. The second-order valence-electron chi connectivity index (χ2n) is 6.44. The number of fused-ring (bicyclic) bond motifs is 1. The van der Waals surface area contributed by atoms with Crippen LogP contribution >= 0.6 is 0 Å². The number of phenolic OH excluding ortho intramolecular Hbond substituents is 1. The Hall–Kier alpha value is -4.25. The number of para-hydroxylation sites is 2. The fourth-order valence-corrected chi connectivity index (χ4v) is 3.78. The Morgan fingerprint density at radius 1 is 0.839 bits per heavy atom. The average molecular weight is 437 g/mol. The van der Waals surface area contributed by atoms with E-state index < -0.39 is 14.9 Å². The molecule has 11 heteroatoms. The maximum absolute atomic E-state index is 12.9. The highest BCUT2D eigenvalue weighted by Crippen LogP contribution is 2.28. The number of hydrogen-bond acceptors (Lipinski definition) is 8. The number of anilines is 3. The molecule has 0 amide bonds. The molecular formula is C20H15N5O5S. The van der Waals surface area contributed by atoms with Crippen molar-refractivity contribution >= 4 is 44.1 Å². The van der Waals surface area contributed by atoms with Crippen LogP contribution < -0.4 is 10.0 Å². The minimum Gasteiger partial charge on any atom is -0.508 e. The number of aromatic nitrogens is 2. The van der Waals surface area contributed by atoms with Gasteiger partial charge in [0.15, 0.2) is 11.6 Å². The first-order chi connectivity index (χ1) is 14.8. The zero-order chi connectivity index (χ0) is 22.0. The predicted octanol–water partition coefficient (Wildman–Crippen LogP) is 3.79. The molecule has 0 fully saturated rings. The zero-order valence-electron chi connectivity index (χ0n) is 15.8. The molecule has 31 heavy (non-hydrogen) atoms. The lowest BCUT2D eigenvalue weighted by Crippen LogP contribution is -2.16. The number of phenols is 1. The first-order valence-corrected chi connectivity index (χ1v) is 10.4. The molecule has 0 atom stereocenters. The number of hydrogen-bond donors (Lipinski definition) is 3. The lowest BCUT2D eigenvalue weighted by Gasteiger charge is -2.14. The Bertz CT molecular complexity index is 1370. The predicted molar refractivity (Wildman–Crippen MR) is 115 cm³/mol. The van der Waals surface area contributed by atoms with Gasteiger partial charge in [0, 0.05) is 17.8 Å². The lowest BCUT2D eigenvalue weighted by molar-refractivity contribution is -0.384. The average Bonchev–Trinajstić information content (AvgIpc) is 2.75. The van der Waals surface area contributed by atoms with Crippen LogP contribution in [0.1, 0.15) is 0 Å². The minimum absolute atomic E-state index is 0.0508. The molecular weight excluding hydrogens is 422 g/mol. The fourth-order valence-electron chi connectivity index (χ4n) is 2.77. The van der Waals surface area contributed by atoms with Gasteiger partial charge in [-0.1, -0.05) is 12.1 Å². The molecule has 0 saturated heterocycles. The smallest absolute Gasteiger partial charge is 0.269 e. The summed E-state index contributed by atoms with van der Waals surface area (Å²) in [5.74, 6) is 0.175. The SMILES string of the molecule is O=[N+]([O-])c1ccc(S(=O)(=O)Nc2nc3ccccc3nc2Nc2ccc(O)cc2)cc1. The number of non-ortho nitro benzene ring substituents is 1. The third-order valence-corrected chi connectivity index (χ3v) is 5.64. The van der Waals surface area contributed by atoms with Gasteiger partial charge in [-0.2, -0.15) is 0 Å². The Morgan fingerprint density at radius 3 is 2.00 bits per heavy atom. The van der Waals surface area contributed by atoms with Gasteiger partial charge >= 0.3 is 0 Å². The van der Waals surface area contributed by atoms with Gasteiger partial charge < -0.3 is 10.4 Å². The molecule has 0 aliphatic rings. The molecule has 3 aromatic carbocycles. The molecule has 4 aromatic rings. The molecule has 1 heterocycles. The molecule has 0 spiro atoms. The van der Waals surface area contributed by atoms with E-state index in [1.54, 1.807) is 36.4 Å². The van der Waals surface area contributed by atoms with Crippen molar-refractivity contribution in [2.75, 3.05) is 10.0 Å². The van der Waals surface area contributed by atoms with Crippen molar-refractivity contribution in [2.24, 2.45) is 0 Å². The van der Waals surface area contributed by atoms with E-state index in [1.807, 2.05) is 0 Å². The number of sulfonamides is 1. The van der Waals surface area contributed by atoms with E-state index in [1.165, 1.54) is 12.1 Å². The van der Waals surface area contributed by atoms with Crippen LogP contribution in [0, 0.1) is 10.1 Å². The maximum atomic E-state index is 12.9. The topological polar surface area (TPSA) is 147 Å². The number of benzene rings is 3. The summed E-state index contributed by atoms with van der Waals surface area (Å²) in [5.41, 5.74) is 1.35. The molecule has 3 N–H and O–H groups in total. The summed E-state index contributed by atoms with van der Waals surface area (Å²) in [6, 6.07) is 17.6. The molecule has 0 unspecified atom stereocenters. The normalized spacial score (nSPS) is 11.2. The monoisotopic (exact) mass is 437 g/mol. The van der Waals surface area contributed by atoms with Crippen LogP contribution in [-0.2, 0) is 10.0 Å². The molecule has 0 aliphatic carbocycles. The third-order valence-electron chi connectivity index (χ3n) is 4.29. The summed E-state index contributed by atoms with van der Waals surface area (Å²) in [7, 11) is -4.10. The molecule has 0 saturated carbocycles. The summed E-state index contributed by atoms with van der Waals surface area (Å²) in [5, 5.41) is 23.3. The standard InChI is InChI=1S/C20H15N5O5S/c26-15-9-5-13(6-10-15)21-19-20(23-18-4-2-1-3-17(18)22-19)24-31(29,30)16-11-7-14(8-12-16)25(27)28/h1-12,26H,(H,21,22)(H,23,24). The van der Waals surface area contributed by atoms with E-state index in [2.05, 4.69) is 20.0 Å². The summed E-state index contributed by atoms with van der Waals surface area (Å²) in [6.45, 7) is 0. The highest BCUT2D eigenvalue weighted by Gasteiger charge is 2.20. The zero-order valence-corrected chi connectivity index (χ0v) is 16.6. The largest absolute Gasteiger partial charge is 0.508 e. The van der Waals surface area contributed by atoms with Crippen LogP contribution in [0.2, 0.25) is 0 Å². The van der Waals surface area contributed by atoms with Gasteiger partial charge in [0.05, 0.1) is 20.9 Å². The van der Waals surface area contributed by atoms with E-state index >= 15 is 0 Å². The number of nitrogens with one attached hydrogen (secondary N) is 2. The first kappa shape index (κ1) is 20.0. The third kappa shape index (κ3) is 4.36. The summed E-state index contributed by atoms with van der Waals surface area (Å²) in [6.07, 6.45) is 0. The quantitative estimate of drug-likeness (QED) is 0.234. The van der Waals surface area contributed by atoms with Gasteiger partial charge in [-0.25, -0.2) is 18.4 Å². The number of nitrogens with zero attached hydrogens (tertiary/aromatic N) is 3. The van der Waals surface area contributed by atoms with Crippen molar-refractivity contribution in [1.29, 1.82) is 0 Å². The minimum atomic E-state index is -4.10. The van der Waals surface area contributed by atoms with Crippen molar-refractivity contribution in [3.8, 4) is 5.75 Å². The fraction of sp³-hybridized carbons (Fsp3) is 0. The van der Waals surface area contributed by atoms with Gasteiger partial charge in [0.1, 0.15) is 5.75 Å². The van der Waals surface area contributed by atoms with Crippen molar-refractivity contribution in [3.63, 3.8) is 0 Å². The Kier molecular flexibility index (Phi) is 5.09. The number of aromatic hydroxyl groups is 1. The van der Waals surface area contributed by atoms with Crippen molar-refractivity contribution in [2.45, 2.75) is 4.90 Å². The van der Waals surface area contributed by atoms with Crippen LogP contribution in [0.3, 0.4) is 0 Å². The Labute approximate surface area is 176 Å². The van der Waals surface area contributed by atoms with Crippen LogP contribution in [-0.4, -0.2) is 28.4 Å². The van der Waals surface area contributed by atoms with Gasteiger partial charge in [-0.15, -0.1) is 0 Å². The first-order valence-electron chi connectivity index (χ1n) is 8.92. The van der Waals surface area contributed by atoms with Gasteiger partial charge in [0.2, 0.25) is 0 Å². The van der Waals surface area contributed by atoms with E-state index in [-0.39, 0.29) is 28.0 Å². The Balaban J connectivity index is 1.74. The lowest BCUT2D eigenvalue weighted by atomic mass is 10.3. The Morgan fingerprint density at radius 2 is 1.42 bits per heavy atom. The molecule has 4 rings (SSSR count). The van der Waals surface area contributed by atoms with Crippen LogP contribution in [0.25, 0.3) is 11.0 Å². The molecule has 156 valence electrons.